The Morgan fingerprint density at radius 3 is 2.45 bits per heavy atom. The van der Waals surface area contributed by atoms with Crippen LogP contribution in [0.25, 0.3) is 11.0 Å². The van der Waals surface area contributed by atoms with E-state index in [-0.39, 0.29) is 17.1 Å². The molecule has 1 fully saturated rings. The fraction of sp³-hybridized carbons (Fsp3) is 0.400. The van der Waals surface area contributed by atoms with Crippen molar-refractivity contribution in [2.45, 2.75) is 31.0 Å². The van der Waals surface area contributed by atoms with Crippen molar-refractivity contribution in [3.8, 4) is 0 Å². The van der Waals surface area contributed by atoms with Crippen LogP contribution in [-0.4, -0.2) is 38.0 Å². The Balaban J connectivity index is 2.01. The SMILES string of the molecule is C[C@@H]1CN(S(=O)(=O)c2ccc3oc(=O)ccc3c2)C[C@@H](C)O1. The summed E-state index contributed by atoms with van der Waals surface area (Å²) in [5, 5.41) is 0.579. The fourth-order valence-corrected chi connectivity index (χ4v) is 4.31. The zero-order chi connectivity index (χ0) is 15.9. The van der Waals surface area contributed by atoms with Crippen LogP contribution in [0.15, 0.2) is 44.4 Å². The maximum Gasteiger partial charge on any atom is 0.336 e. The molecule has 0 N–H and O–H groups in total. The minimum atomic E-state index is -3.60. The van der Waals surface area contributed by atoms with Gasteiger partial charge in [-0.1, -0.05) is 0 Å². The number of hydrogen-bond acceptors (Lipinski definition) is 5. The molecule has 0 unspecified atom stereocenters. The number of ether oxygens (including phenoxy) is 1. The average Bonchev–Trinajstić information content (AvgIpc) is 2.45. The van der Waals surface area contributed by atoms with Crippen LogP contribution in [0, 0.1) is 0 Å². The Labute approximate surface area is 128 Å². The van der Waals surface area contributed by atoms with E-state index in [1.54, 1.807) is 6.07 Å². The second-order valence-electron chi connectivity index (χ2n) is 5.53. The molecular formula is C15H17NO5S. The largest absolute Gasteiger partial charge is 0.423 e. The van der Waals surface area contributed by atoms with Gasteiger partial charge in [0.15, 0.2) is 0 Å². The number of morpholine rings is 1. The van der Waals surface area contributed by atoms with Gasteiger partial charge in [0.25, 0.3) is 0 Å². The third kappa shape index (κ3) is 2.79. The zero-order valence-corrected chi connectivity index (χ0v) is 13.2. The summed E-state index contributed by atoms with van der Waals surface area (Å²) >= 11 is 0. The van der Waals surface area contributed by atoms with Gasteiger partial charge in [0.05, 0.1) is 17.1 Å². The van der Waals surface area contributed by atoms with Gasteiger partial charge in [-0.05, 0) is 38.1 Å². The van der Waals surface area contributed by atoms with Gasteiger partial charge in [-0.3, -0.25) is 0 Å². The van der Waals surface area contributed by atoms with Crippen molar-refractivity contribution < 1.29 is 17.6 Å². The maximum atomic E-state index is 12.8. The Morgan fingerprint density at radius 2 is 1.77 bits per heavy atom. The van der Waals surface area contributed by atoms with Crippen LogP contribution in [-0.2, 0) is 14.8 Å². The number of rotatable bonds is 2. The first-order valence-corrected chi connectivity index (χ1v) is 8.50. The Kier molecular flexibility index (Phi) is 3.80. The summed E-state index contributed by atoms with van der Waals surface area (Å²) in [7, 11) is -3.60. The first-order valence-electron chi connectivity index (χ1n) is 7.06. The van der Waals surface area contributed by atoms with Crippen LogP contribution in [0.4, 0.5) is 0 Å². The van der Waals surface area contributed by atoms with Gasteiger partial charge >= 0.3 is 5.63 Å². The summed E-state index contributed by atoms with van der Waals surface area (Å²) in [4.78, 5) is 11.4. The zero-order valence-electron chi connectivity index (χ0n) is 12.4. The van der Waals surface area contributed by atoms with Crippen LogP contribution in [0.2, 0.25) is 0 Å². The highest BCUT2D eigenvalue weighted by molar-refractivity contribution is 7.89. The molecule has 6 nitrogen and oxygen atoms in total. The molecule has 2 aromatic rings. The molecule has 0 spiro atoms. The van der Waals surface area contributed by atoms with Crippen molar-refractivity contribution >= 4 is 21.0 Å². The van der Waals surface area contributed by atoms with Gasteiger partial charge in [0, 0.05) is 24.5 Å². The third-order valence-electron chi connectivity index (χ3n) is 3.61. The monoisotopic (exact) mass is 323 g/mol. The smallest absolute Gasteiger partial charge is 0.336 e. The first-order chi connectivity index (χ1) is 10.4. The molecule has 0 bridgehead atoms. The van der Waals surface area contributed by atoms with E-state index in [4.69, 9.17) is 9.15 Å². The summed E-state index contributed by atoms with van der Waals surface area (Å²) in [6.07, 6.45) is -0.283. The second-order valence-corrected chi connectivity index (χ2v) is 7.47. The van der Waals surface area contributed by atoms with Gasteiger partial charge in [0.1, 0.15) is 5.58 Å². The number of hydrogen-bond donors (Lipinski definition) is 0. The van der Waals surface area contributed by atoms with E-state index in [1.807, 2.05) is 13.8 Å². The minimum Gasteiger partial charge on any atom is -0.423 e. The van der Waals surface area contributed by atoms with Crippen LogP contribution < -0.4 is 5.63 Å². The Bertz CT molecular complexity index is 848. The molecule has 1 aliphatic heterocycles. The number of nitrogens with zero attached hydrogens (tertiary/aromatic N) is 1. The number of sulfonamides is 1. The predicted octanol–water partition coefficient (Wildman–Crippen LogP) is 1.59. The molecule has 1 aliphatic rings. The predicted molar refractivity (Wildman–Crippen MR) is 81.3 cm³/mol. The lowest BCUT2D eigenvalue weighted by Gasteiger charge is -2.34. The van der Waals surface area contributed by atoms with E-state index in [0.29, 0.717) is 24.1 Å². The third-order valence-corrected chi connectivity index (χ3v) is 5.44. The summed E-state index contributed by atoms with van der Waals surface area (Å²) in [5.74, 6) is 0. The molecule has 2 heterocycles. The molecule has 0 radical (unpaired) electrons. The van der Waals surface area contributed by atoms with Crippen LogP contribution >= 0.6 is 0 Å². The van der Waals surface area contributed by atoms with Gasteiger partial charge in [-0.25, -0.2) is 13.2 Å². The molecule has 0 saturated carbocycles. The number of benzene rings is 1. The highest BCUT2D eigenvalue weighted by Gasteiger charge is 2.32. The van der Waals surface area contributed by atoms with E-state index in [9.17, 15) is 13.2 Å². The molecule has 0 amide bonds. The molecule has 1 saturated heterocycles. The van der Waals surface area contributed by atoms with E-state index in [0.717, 1.165) is 0 Å². The molecule has 0 aliphatic carbocycles. The summed E-state index contributed by atoms with van der Waals surface area (Å²) < 4.78 is 37.6. The molecule has 118 valence electrons. The van der Waals surface area contributed by atoms with Crippen LogP contribution in [0.3, 0.4) is 0 Å². The van der Waals surface area contributed by atoms with Gasteiger partial charge in [0.2, 0.25) is 10.0 Å². The summed E-state index contributed by atoms with van der Waals surface area (Å²) in [6, 6.07) is 7.34. The number of fused-ring (bicyclic) bond motifs is 1. The topological polar surface area (TPSA) is 76.8 Å². The lowest BCUT2D eigenvalue weighted by atomic mass is 10.2. The van der Waals surface area contributed by atoms with E-state index >= 15 is 0 Å². The van der Waals surface area contributed by atoms with Crippen LogP contribution in [0.1, 0.15) is 13.8 Å². The Morgan fingerprint density at radius 1 is 1.09 bits per heavy atom. The quantitative estimate of drug-likeness (QED) is 0.785. The van der Waals surface area contributed by atoms with Gasteiger partial charge in [-0.2, -0.15) is 4.31 Å². The molecule has 22 heavy (non-hydrogen) atoms. The molecule has 1 aromatic carbocycles. The van der Waals surface area contributed by atoms with Gasteiger partial charge < -0.3 is 9.15 Å². The van der Waals surface area contributed by atoms with E-state index < -0.39 is 15.6 Å². The normalized spacial score (nSPS) is 23.7. The minimum absolute atomic E-state index is 0.142. The average molecular weight is 323 g/mol. The van der Waals surface area contributed by atoms with E-state index in [2.05, 4.69) is 0 Å². The summed E-state index contributed by atoms with van der Waals surface area (Å²) in [6.45, 7) is 4.36. The Hall–Kier alpha value is -1.70. The lowest BCUT2D eigenvalue weighted by Crippen LogP contribution is -2.48. The van der Waals surface area contributed by atoms with Crippen LogP contribution in [0.5, 0.6) is 0 Å². The summed E-state index contributed by atoms with van der Waals surface area (Å²) in [5.41, 5.74) is -0.0888. The fourth-order valence-electron chi connectivity index (χ4n) is 2.69. The van der Waals surface area contributed by atoms with Crippen molar-refractivity contribution in [2.75, 3.05) is 13.1 Å². The second kappa shape index (κ2) is 5.49. The molecule has 2 atom stereocenters. The van der Waals surface area contributed by atoms with Crippen molar-refractivity contribution in [2.24, 2.45) is 0 Å². The molecule has 1 aromatic heterocycles. The van der Waals surface area contributed by atoms with Crippen molar-refractivity contribution in [1.29, 1.82) is 0 Å². The highest BCUT2D eigenvalue weighted by atomic mass is 32.2. The van der Waals surface area contributed by atoms with Crippen molar-refractivity contribution in [3.63, 3.8) is 0 Å². The maximum absolute atomic E-state index is 12.8. The highest BCUT2D eigenvalue weighted by Crippen LogP contribution is 2.24. The lowest BCUT2D eigenvalue weighted by molar-refractivity contribution is -0.0440. The van der Waals surface area contributed by atoms with E-state index in [1.165, 1.54) is 28.6 Å². The van der Waals surface area contributed by atoms with Gasteiger partial charge in [-0.15, -0.1) is 0 Å². The molecule has 3 rings (SSSR count). The standard InChI is InChI=1S/C15H17NO5S/c1-10-8-16(9-11(2)20-10)22(18,19)13-4-5-14-12(7-13)3-6-15(17)21-14/h3-7,10-11H,8-9H2,1-2H3/t10-,11-/m1/s1. The van der Waals surface area contributed by atoms with Crippen molar-refractivity contribution in [3.05, 3.63) is 40.8 Å². The molecular weight excluding hydrogens is 306 g/mol. The van der Waals surface area contributed by atoms with Crippen molar-refractivity contribution in [1.82, 2.24) is 4.31 Å². The first kappa shape index (κ1) is 15.2. The molecule has 7 heteroatoms.